The van der Waals surface area contributed by atoms with E-state index < -0.39 is 5.97 Å². The summed E-state index contributed by atoms with van der Waals surface area (Å²) in [4.78, 5) is 20.4. The van der Waals surface area contributed by atoms with Crippen molar-refractivity contribution in [2.24, 2.45) is 0 Å². The van der Waals surface area contributed by atoms with Gasteiger partial charge in [-0.1, -0.05) is 23.4 Å². The summed E-state index contributed by atoms with van der Waals surface area (Å²) in [5.74, 6) is -0.156. The van der Waals surface area contributed by atoms with Gasteiger partial charge in [0, 0.05) is 11.2 Å². The number of carbonyl (C=O) groups excluding carboxylic acids is 1. The smallest absolute Gasteiger partial charge is 0.343 e. The molecule has 0 aliphatic heterocycles. The van der Waals surface area contributed by atoms with Gasteiger partial charge in [0.25, 0.3) is 0 Å². The number of nitrogens with two attached hydrogens (primary N) is 1. The van der Waals surface area contributed by atoms with Crippen molar-refractivity contribution in [3.05, 3.63) is 35.0 Å². The van der Waals surface area contributed by atoms with Gasteiger partial charge in [0.1, 0.15) is 11.4 Å². The van der Waals surface area contributed by atoms with E-state index in [1.165, 1.54) is 18.0 Å². The Labute approximate surface area is 137 Å². The summed E-state index contributed by atoms with van der Waals surface area (Å²) in [6.45, 7) is 2.00. The Morgan fingerprint density at radius 1 is 1.50 bits per heavy atom. The van der Waals surface area contributed by atoms with Gasteiger partial charge in [0.05, 0.1) is 18.0 Å². The van der Waals surface area contributed by atoms with E-state index >= 15 is 0 Å². The summed E-state index contributed by atoms with van der Waals surface area (Å²) in [5.41, 5.74) is 7.21. The number of hydrogen-bond donors (Lipinski definition) is 2. The van der Waals surface area contributed by atoms with Crippen LogP contribution in [0.25, 0.3) is 0 Å². The molecule has 0 spiro atoms. The second kappa shape index (κ2) is 7.33. The van der Waals surface area contributed by atoms with Crippen LogP contribution in [0.4, 0.5) is 17.2 Å². The number of anilines is 3. The number of nitrogens with zero attached hydrogens (tertiary/aromatic N) is 2. The molecule has 0 bridgehead atoms. The Morgan fingerprint density at radius 2 is 2.27 bits per heavy atom. The first-order chi connectivity index (χ1) is 10.5. The molecule has 0 aliphatic rings. The third-order valence-electron chi connectivity index (χ3n) is 2.71. The van der Waals surface area contributed by atoms with E-state index in [2.05, 4.69) is 15.3 Å². The van der Waals surface area contributed by atoms with Crippen molar-refractivity contribution in [3.63, 3.8) is 0 Å². The standard InChI is InChI=1S/C14H15ClN4O2S/c1-3-21-13(20)9-7-17-14(22-2)19-12(9)18-11-5-4-8(15)6-10(11)16/h4-7H,3,16H2,1-2H3,(H,17,18,19). The fourth-order valence-corrected chi connectivity index (χ4v) is 2.21. The number of thioether (sulfide) groups is 1. The Bertz CT molecular complexity index is 697. The Hall–Kier alpha value is -1.99. The molecule has 116 valence electrons. The van der Waals surface area contributed by atoms with Crippen molar-refractivity contribution in [1.29, 1.82) is 0 Å². The molecule has 1 aromatic carbocycles. The number of benzene rings is 1. The number of halogens is 1. The lowest BCUT2D eigenvalue weighted by Gasteiger charge is -2.12. The lowest BCUT2D eigenvalue weighted by molar-refractivity contribution is 0.0526. The SMILES string of the molecule is CCOC(=O)c1cnc(SC)nc1Nc1ccc(Cl)cc1N. The average molecular weight is 339 g/mol. The molecule has 0 radical (unpaired) electrons. The van der Waals surface area contributed by atoms with Gasteiger partial charge >= 0.3 is 5.97 Å². The lowest BCUT2D eigenvalue weighted by Crippen LogP contribution is -2.11. The number of hydrogen-bond acceptors (Lipinski definition) is 7. The second-order valence-electron chi connectivity index (χ2n) is 4.20. The minimum Gasteiger partial charge on any atom is -0.462 e. The highest BCUT2D eigenvalue weighted by atomic mass is 35.5. The molecule has 0 atom stereocenters. The monoisotopic (exact) mass is 338 g/mol. The summed E-state index contributed by atoms with van der Waals surface area (Å²) >= 11 is 7.25. The van der Waals surface area contributed by atoms with Gasteiger partial charge in [-0.05, 0) is 31.4 Å². The van der Waals surface area contributed by atoms with Gasteiger partial charge in [-0.3, -0.25) is 0 Å². The number of esters is 1. The maximum Gasteiger partial charge on any atom is 0.343 e. The van der Waals surface area contributed by atoms with Crippen LogP contribution in [-0.4, -0.2) is 28.8 Å². The van der Waals surface area contributed by atoms with Crippen molar-refractivity contribution in [3.8, 4) is 0 Å². The maximum absolute atomic E-state index is 12.0. The fourth-order valence-electron chi connectivity index (χ4n) is 1.69. The molecule has 0 amide bonds. The van der Waals surface area contributed by atoms with E-state index in [0.717, 1.165) is 0 Å². The van der Waals surface area contributed by atoms with Gasteiger partial charge in [-0.15, -0.1) is 0 Å². The zero-order chi connectivity index (χ0) is 16.1. The molecule has 3 N–H and O–H groups in total. The summed E-state index contributed by atoms with van der Waals surface area (Å²) in [6.07, 6.45) is 3.28. The molecule has 1 heterocycles. The molecule has 0 saturated heterocycles. The molecular formula is C14H15ClN4O2S. The van der Waals surface area contributed by atoms with Crippen LogP contribution in [-0.2, 0) is 4.74 Å². The Kier molecular flexibility index (Phi) is 5.46. The Balaban J connectivity index is 2.40. The molecule has 8 heteroatoms. The normalized spacial score (nSPS) is 10.3. The van der Waals surface area contributed by atoms with Crippen LogP contribution in [0.5, 0.6) is 0 Å². The van der Waals surface area contributed by atoms with Crippen LogP contribution in [0.15, 0.2) is 29.6 Å². The first-order valence-electron chi connectivity index (χ1n) is 6.45. The Morgan fingerprint density at radius 3 is 2.91 bits per heavy atom. The van der Waals surface area contributed by atoms with E-state index in [1.807, 2.05) is 6.26 Å². The topological polar surface area (TPSA) is 90.1 Å². The third-order valence-corrected chi connectivity index (χ3v) is 3.51. The minimum atomic E-state index is -0.495. The van der Waals surface area contributed by atoms with Crippen LogP contribution in [0.3, 0.4) is 0 Å². The summed E-state index contributed by atoms with van der Waals surface area (Å²) in [7, 11) is 0. The molecule has 0 aliphatic carbocycles. The van der Waals surface area contributed by atoms with Gasteiger partial charge in [0.2, 0.25) is 0 Å². The molecule has 2 aromatic rings. The highest BCUT2D eigenvalue weighted by molar-refractivity contribution is 7.98. The first-order valence-corrected chi connectivity index (χ1v) is 8.05. The van der Waals surface area contributed by atoms with Crippen molar-refractivity contribution < 1.29 is 9.53 Å². The third kappa shape index (κ3) is 3.80. The number of ether oxygens (including phenoxy) is 1. The van der Waals surface area contributed by atoms with Crippen LogP contribution >= 0.6 is 23.4 Å². The lowest BCUT2D eigenvalue weighted by atomic mass is 10.2. The van der Waals surface area contributed by atoms with E-state index in [9.17, 15) is 4.79 Å². The largest absolute Gasteiger partial charge is 0.462 e. The summed E-state index contributed by atoms with van der Waals surface area (Å²) in [6, 6.07) is 5.03. The quantitative estimate of drug-likeness (QED) is 0.374. The molecule has 0 unspecified atom stereocenters. The number of aromatic nitrogens is 2. The minimum absolute atomic E-state index is 0.244. The maximum atomic E-state index is 12.0. The number of nitrogen functional groups attached to an aromatic ring is 1. The van der Waals surface area contributed by atoms with Crippen LogP contribution in [0, 0.1) is 0 Å². The predicted octanol–water partition coefficient (Wildman–Crippen LogP) is 3.35. The van der Waals surface area contributed by atoms with Crippen molar-refractivity contribution >= 4 is 46.5 Å². The second-order valence-corrected chi connectivity index (χ2v) is 5.41. The number of nitrogens with one attached hydrogen (secondary N) is 1. The van der Waals surface area contributed by atoms with E-state index in [4.69, 9.17) is 22.1 Å². The highest BCUT2D eigenvalue weighted by Crippen LogP contribution is 2.27. The summed E-state index contributed by atoms with van der Waals surface area (Å²) < 4.78 is 5.01. The zero-order valence-corrected chi connectivity index (χ0v) is 13.7. The molecule has 0 fully saturated rings. The fraction of sp³-hybridized carbons (Fsp3) is 0.214. The van der Waals surface area contributed by atoms with E-state index in [0.29, 0.717) is 27.4 Å². The van der Waals surface area contributed by atoms with Crippen molar-refractivity contribution in [1.82, 2.24) is 9.97 Å². The van der Waals surface area contributed by atoms with Crippen LogP contribution in [0.1, 0.15) is 17.3 Å². The highest BCUT2D eigenvalue weighted by Gasteiger charge is 2.16. The van der Waals surface area contributed by atoms with Crippen molar-refractivity contribution in [2.45, 2.75) is 12.1 Å². The molecule has 22 heavy (non-hydrogen) atoms. The average Bonchev–Trinajstić information content (AvgIpc) is 2.50. The molecule has 2 rings (SSSR count). The van der Waals surface area contributed by atoms with Gasteiger partial charge in [-0.25, -0.2) is 14.8 Å². The number of rotatable bonds is 5. The van der Waals surface area contributed by atoms with Gasteiger partial charge in [0.15, 0.2) is 5.16 Å². The van der Waals surface area contributed by atoms with Gasteiger partial charge < -0.3 is 15.8 Å². The molecule has 1 aromatic heterocycles. The van der Waals surface area contributed by atoms with Crippen molar-refractivity contribution in [2.75, 3.05) is 23.9 Å². The molecular weight excluding hydrogens is 324 g/mol. The predicted molar refractivity (Wildman–Crippen MR) is 88.9 cm³/mol. The van der Waals surface area contributed by atoms with Gasteiger partial charge in [-0.2, -0.15) is 0 Å². The first kappa shape index (κ1) is 16.4. The molecule has 6 nitrogen and oxygen atoms in total. The van der Waals surface area contributed by atoms with Crippen LogP contribution < -0.4 is 11.1 Å². The number of carbonyl (C=O) groups is 1. The van der Waals surface area contributed by atoms with E-state index in [1.54, 1.807) is 25.1 Å². The van der Waals surface area contributed by atoms with E-state index in [-0.39, 0.29) is 12.2 Å². The molecule has 0 saturated carbocycles. The zero-order valence-electron chi connectivity index (χ0n) is 12.1. The van der Waals surface area contributed by atoms with Crippen LogP contribution in [0.2, 0.25) is 5.02 Å². The summed E-state index contributed by atoms with van der Waals surface area (Å²) in [5, 5.41) is 4.09.